The Balaban J connectivity index is 2.40. The molecule has 2 rings (SSSR count). The predicted molar refractivity (Wildman–Crippen MR) is 80.8 cm³/mol. The van der Waals surface area contributed by atoms with Gasteiger partial charge in [0, 0.05) is 11.1 Å². The van der Waals surface area contributed by atoms with E-state index in [1.165, 1.54) is 6.07 Å². The van der Waals surface area contributed by atoms with Crippen molar-refractivity contribution in [3.05, 3.63) is 51.0 Å². The van der Waals surface area contributed by atoms with Gasteiger partial charge in [0.05, 0.1) is 22.4 Å². The van der Waals surface area contributed by atoms with Gasteiger partial charge >= 0.3 is 0 Å². The quantitative estimate of drug-likeness (QED) is 0.872. The van der Waals surface area contributed by atoms with Gasteiger partial charge in [-0.2, -0.15) is 5.10 Å². The second kappa shape index (κ2) is 5.38. The van der Waals surface area contributed by atoms with Crippen molar-refractivity contribution in [1.82, 2.24) is 9.78 Å². The van der Waals surface area contributed by atoms with Crippen LogP contribution < -0.4 is 5.73 Å². The summed E-state index contributed by atoms with van der Waals surface area (Å²) in [6.07, 6.45) is 0. The second-order valence-corrected chi connectivity index (χ2v) is 5.55. The highest BCUT2D eigenvalue weighted by atomic mass is 79.9. The molecule has 1 heterocycles. The van der Waals surface area contributed by atoms with Crippen molar-refractivity contribution in [2.24, 2.45) is 5.73 Å². The first kappa shape index (κ1) is 14.1. The molecule has 100 valence electrons. The van der Waals surface area contributed by atoms with Crippen LogP contribution in [0.2, 0.25) is 0 Å². The van der Waals surface area contributed by atoms with Gasteiger partial charge in [-0.25, -0.2) is 4.39 Å². The summed E-state index contributed by atoms with van der Waals surface area (Å²) in [5.74, 6) is -0.288. The zero-order valence-corrected chi connectivity index (χ0v) is 13.0. The minimum Gasteiger partial charge on any atom is -0.389 e. The number of aromatic nitrogens is 2. The van der Waals surface area contributed by atoms with Gasteiger partial charge in [0.15, 0.2) is 0 Å². The number of hydrogen-bond acceptors (Lipinski definition) is 2. The van der Waals surface area contributed by atoms with Crippen molar-refractivity contribution in [2.75, 3.05) is 0 Å². The van der Waals surface area contributed by atoms with Crippen molar-refractivity contribution in [1.29, 1.82) is 0 Å². The average molecular weight is 342 g/mol. The Hall–Kier alpha value is -1.27. The van der Waals surface area contributed by atoms with Crippen LogP contribution in [0.25, 0.3) is 0 Å². The summed E-state index contributed by atoms with van der Waals surface area (Å²) in [6, 6.07) is 4.63. The van der Waals surface area contributed by atoms with E-state index in [-0.39, 0.29) is 10.8 Å². The molecule has 0 fully saturated rings. The van der Waals surface area contributed by atoms with Gasteiger partial charge in [-0.3, -0.25) is 4.68 Å². The smallest absolute Gasteiger partial charge is 0.128 e. The number of aryl methyl sites for hydroxylation is 1. The molecule has 0 bridgehead atoms. The van der Waals surface area contributed by atoms with Crippen LogP contribution in [0.3, 0.4) is 0 Å². The van der Waals surface area contributed by atoms with Crippen molar-refractivity contribution in [3.8, 4) is 0 Å². The zero-order valence-electron chi connectivity index (χ0n) is 10.6. The lowest BCUT2D eigenvalue weighted by atomic mass is 10.1. The molecular weight excluding hydrogens is 329 g/mol. The first-order valence-electron chi connectivity index (χ1n) is 5.68. The average Bonchev–Trinajstić information content (AvgIpc) is 2.59. The zero-order chi connectivity index (χ0) is 14.2. The Morgan fingerprint density at radius 2 is 2.16 bits per heavy atom. The van der Waals surface area contributed by atoms with E-state index in [2.05, 4.69) is 21.0 Å². The molecule has 0 radical (unpaired) electrons. The molecule has 0 aliphatic rings. The number of nitrogens with zero attached hydrogens (tertiary/aromatic N) is 2. The van der Waals surface area contributed by atoms with Gasteiger partial charge in [-0.1, -0.05) is 12.2 Å². The number of rotatable bonds is 3. The fourth-order valence-corrected chi connectivity index (χ4v) is 2.25. The highest BCUT2D eigenvalue weighted by Crippen LogP contribution is 2.21. The summed E-state index contributed by atoms with van der Waals surface area (Å²) in [6.45, 7) is 4.18. The third kappa shape index (κ3) is 2.84. The van der Waals surface area contributed by atoms with Crippen LogP contribution in [-0.4, -0.2) is 14.8 Å². The molecule has 0 aliphatic heterocycles. The predicted octanol–water partition coefficient (Wildman–Crippen LogP) is 3.08. The summed E-state index contributed by atoms with van der Waals surface area (Å²) in [4.78, 5) is 0.260. The third-order valence-corrected chi connectivity index (χ3v) is 4.33. The van der Waals surface area contributed by atoms with E-state index in [1.54, 1.807) is 16.8 Å². The van der Waals surface area contributed by atoms with Crippen molar-refractivity contribution in [3.63, 3.8) is 0 Å². The highest BCUT2D eigenvalue weighted by Gasteiger charge is 2.12. The first-order chi connectivity index (χ1) is 8.90. The minimum atomic E-state index is -0.288. The summed E-state index contributed by atoms with van der Waals surface area (Å²) in [5.41, 5.74) is 8.57. The lowest BCUT2D eigenvalue weighted by molar-refractivity contribution is 0.578. The molecule has 1 aromatic carbocycles. The van der Waals surface area contributed by atoms with E-state index in [4.69, 9.17) is 18.0 Å². The van der Waals surface area contributed by atoms with Crippen molar-refractivity contribution in [2.45, 2.75) is 20.4 Å². The number of benzene rings is 1. The standard InChI is InChI=1S/C13H13BrFN3S/c1-7-12(14)8(2)18(17-7)6-10-5-9(13(16)19)3-4-11(10)15/h3-5H,6H2,1-2H3,(H2,16,19). The number of thiocarbonyl (C=S) groups is 1. The largest absolute Gasteiger partial charge is 0.389 e. The summed E-state index contributed by atoms with van der Waals surface area (Å²) < 4.78 is 16.5. The molecule has 0 saturated carbocycles. The van der Waals surface area contributed by atoms with E-state index < -0.39 is 0 Å². The Morgan fingerprint density at radius 1 is 1.47 bits per heavy atom. The number of nitrogens with two attached hydrogens (primary N) is 1. The molecule has 1 aromatic heterocycles. The monoisotopic (exact) mass is 341 g/mol. The van der Waals surface area contributed by atoms with E-state index >= 15 is 0 Å². The maximum Gasteiger partial charge on any atom is 0.128 e. The molecular formula is C13H13BrFN3S. The van der Waals surface area contributed by atoms with E-state index in [1.807, 2.05) is 13.8 Å². The Bertz CT molecular complexity index is 652. The maximum atomic E-state index is 13.8. The fourth-order valence-electron chi connectivity index (χ4n) is 1.84. The molecule has 3 nitrogen and oxygen atoms in total. The van der Waals surface area contributed by atoms with E-state index in [0.717, 1.165) is 15.9 Å². The SMILES string of the molecule is Cc1nn(Cc2cc(C(N)=S)ccc2F)c(C)c1Br. The van der Waals surface area contributed by atoms with Crippen LogP contribution in [-0.2, 0) is 6.54 Å². The van der Waals surface area contributed by atoms with Crippen LogP contribution >= 0.6 is 28.1 Å². The van der Waals surface area contributed by atoms with Gasteiger partial charge in [0.25, 0.3) is 0 Å². The fraction of sp³-hybridized carbons (Fsp3) is 0.231. The van der Waals surface area contributed by atoms with Gasteiger partial charge in [-0.15, -0.1) is 0 Å². The third-order valence-electron chi connectivity index (χ3n) is 2.94. The minimum absolute atomic E-state index is 0.260. The lowest BCUT2D eigenvalue weighted by Crippen LogP contribution is -2.12. The normalized spacial score (nSPS) is 10.7. The van der Waals surface area contributed by atoms with Crippen LogP contribution in [0.5, 0.6) is 0 Å². The molecule has 0 unspecified atom stereocenters. The van der Waals surface area contributed by atoms with Crippen molar-refractivity contribution >= 4 is 33.1 Å². The lowest BCUT2D eigenvalue weighted by Gasteiger charge is -2.08. The van der Waals surface area contributed by atoms with Crippen LogP contribution in [0.1, 0.15) is 22.5 Å². The molecule has 0 aliphatic carbocycles. The molecule has 6 heteroatoms. The molecule has 2 aromatic rings. The molecule has 19 heavy (non-hydrogen) atoms. The Labute approximate surface area is 124 Å². The molecule has 0 atom stereocenters. The Morgan fingerprint density at radius 3 is 2.68 bits per heavy atom. The second-order valence-electron chi connectivity index (χ2n) is 4.31. The van der Waals surface area contributed by atoms with E-state index in [0.29, 0.717) is 17.7 Å². The van der Waals surface area contributed by atoms with Gasteiger partial charge in [0.1, 0.15) is 10.8 Å². The summed E-state index contributed by atoms with van der Waals surface area (Å²) >= 11 is 8.36. The van der Waals surface area contributed by atoms with E-state index in [9.17, 15) is 4.39 Å². The molecule has 2 N–H and O–H groups in total. The number of hydrogen-bond donors (Lipinski definition) is 1. The van der Waals surface area contributed by atoms with Crippen LogP contribution in [0.4, 0.5) is 4.39 Å². The molecule has 0 amide bonds. The topological polar surface area (TPSA) is 43.8 Å². The first-order valence-corrected chi connectivity index (χ1v) is 6.88. The molecule has 0 spiro atoms. The van der Waals surface area contributed by atoms with Crippen molar-refractivity contribution < 1.29 is 4.39 Å². The van der Waals surface area contributed by atoms with Crippen LogP contribution in [0, 0.1) is 19.7 Å². The van der Waals surface area contributed by atoms with Crippen LogP contribution in [0.15, 0.2) is 22.7 Å². The maximum absolute atomic E-state index is 13.8. The number of halogens is 2. The van der Waals surface area contributed by atoms with Gasteiger partial charge < -0.3 is 5.73 Å². The van der Waals surface area contributed by atoms with Gasteiger partial charge in [0.2, 0.25) is 0 Å². The highest BCUT2D eigenvalue weighted by molar-refractivity contribution is 9.10. The Kier molecular flexibility index (Phi) is 4.01. The molecule has 0 saturated heterocycles. The summed E-state index contributed by atoms with van der Waals surface area (Å²) in [5, 5.41) is 4.36. The van der Waals surface area contributed by atoms with Gasteiger partial charge in [-0.05, 0) is 48.0 Å². The summed E-state index contributed by atoms with van der Waals surface area (Å²) in [7, 11) is 0.